The zero-order valence-electron chi connectivity index (χ0n) is 39.9. The Hall–Kier alpha value is -7.39. The molecule has 4 heterocycles. The Morgan fingerprint density at radius 2 is 0.809 bits per heavy atom. The van der Waals surface area contributed by atoms with Crippen molar-refractivity contribution in [2.24, 2.45) is 0 Å². The van der Waals surface area contributed by atoms with E-state index in [0.717, 1.165) is 66.9 Å². The van der Waals surface area contributed by atoms with Crippen LogP contribution in [-0.4, -0.2) is 16.1 Å². The van der Waals surface area contributed by atoms with Gasteiger partial charge < -0.3 is 18.6 Å². The molecule has 0 unspecified atom stereocenters. The standard InChI is InChI=1S/C62H52N2O2Si2/c1-37-27-29-47(39(3)31-37)63(41-19-11-9-12-20-41)49-35-56-59(62-57(49)43-23-15-17-25-51(43)66-62)46-34-53-45(33-54(46)68(56,7)8)58-55(67(53,5)6)36-50(61-60(58)44-24-16-18-26-52(44)65-61)64(42-21-13-10-14-22-42)48-30-28-38(2)32-40(48)4/h9-36H,1-8H3. The van der Waals surface area contributed by atoms with Crippen LogP contribution >= 0.6 is 0 Å². The van der Waals surface area contributed by atoms with Crippen LogP contribution in [0.1, 0.15) is 22.3 Å². The zero-order chi connectivity index (χ0) is 46.4. The highest BCUT2D eigenvalue weighted by Crippen LogP contribution is 2.51. The molecular formula is C62H52N2O2Si2. The van der Waals surface area contributed by atoms with Crippen LogP contribution < -0.4 is 30.5 Å². The predicted octanol–water partition coefficient (Wildman–Crippen LogP) is 15.3. The van der Waals surface area contributed by atoms with Gasteiger partial charge in [-0.1, -0.05) is 147 Å². The molecular weight excluding hydrogens is 861 g/mol. The minimum absolute atomic E-state index is 0.911. The van der Waals surface area contributed by atoms with Gasteiger partial charge in [-0.15, -0.1) is 0 Å². The summed E-state index contributed by atoms with van der Waals surface area (Å²) in [6.07, 6.45) is 0. The maximum Gasteiger partial charge on any atom is 0.160 e. The van der Waals surface area contributed by atoms with E-state index in [1.54, 1.807) is 0 Å². The van der Waals surface area contributed by atoms with Gasteiger partial charge >= 0.3 is 0 Å². The molecule has 2 aliphatic rings. The van der Waals surface area contributed by atoms with Crippen molar-refractivity contribution in [3.63, 3.8) is 0 Å². The molecule has 13 rings (SSSR count). The van der Waals surface area contributed by atoms with Crippen LogP contribution in [0.15, 0.2) is 179 Å². The number of rotatable bonds is 6. The Morgan fingerprint density at radius 1 is 0.368 bits per heavy atom. The molecule has 0 amide bonds. The number of fused-ring (bicyclic) bond motifs is 14. The van der Waals surface area contributed by atoms with E-state index in [0.29, 0.717) is 0 Å². The summed E-state index contributed by atoms with van der Waals surface area (Å²) in [6.45, 7) is 19.0. The quantitative estimate of drug-likeness (QED) is 0.156. The van der Waals surface area contributed by atoms with Gasteiger partial charge in [0.2, 0.25) is 0 Å². The molecule has 11 aromatic rings. The van der Waals surface area contributed by atoms with E-state index < -0.39 is 16.1 Å². The second-order valence-corrected chi connectivity index (χ2v) is 29.0. The van der Waals surface area contributed by atoms with Gasteiger partial charge in [0.1, 0.15) is 32.9 Å². The molecule has 330 valence electrons. The second kappa shape index (κ2) is 14.6. The molecule has 2 aromatic heterocycles. The number of para-hydroxylation sites is 4. The number of nitrogens with zero attached hydrogens (tertiary/aromatic N) is 2. The number of hydrogen-bond acceptors (Lipinski definition) is 4. The molecule has 4 nitrogen and oxygen atoms in total. The average Bonchev–Trinajstić information content (AvgIpc) is 4.04. The number of aryl methyl sites for hydroxylation is 4. The lowest BCUT2D eigenvalue weighted by molar-refractivity contribution is 0.669. The fraction of sp³-hybridized carbons (Fsp3) is 0.129. The summed E-state index contributed by atoms with van der Waals surface area (Å²) in [5.74, 6) is 0. The molecule has 0 spiro atoms. The lowest BCUT2D eigenvalue weighted by atomic mass is 9.95. The van der Waals surface area contributed by atoms with Crippen molar-refractivity contribution in [1.82, 2.24) is 0 Å². The third-order valence-corrected chi connectivity index (χ3v) is 22.3. The largest absolute Gasteiger partial charge is 0.455 e. The summed E-state index contributed by atoms with van der Waals surface area (Å²) in [4.78, 5) is 4.92. The van der Waals surface area contributed by atoms with E-state index >= 15 is 0 Å². The molecule has 0 saturated heterocycles. The van der Waals surface area contributed by atoms with Crippen LogP contribution in [0, 0.1) is 27.7 Å². The number of benzene rings is 9. The Labute approximate surface area is 399 Å². The molecule has 9 aromatic carbocycles. The Bertz CT molecular complexity index is 3920. The summed E-state index contributed by atoms with van der Waals surface area (Å²) in [7, 11) is -4.79. The van der Waals surface area contributed by atoms with Crippen LogP contribution in [-0.2, 0) is 0 Å². The summed E-state index contributed by atoms with van der Waals surface area (Å²) in [5.41, 5.74) is 20.8. The van der Waals surface area contributed by atoms with Gasteiger partial charge in [-0.05, 0) is 137 Å². The van der Waals surface area contributed by atoms with Gasteiger partial charge in [-0.2, -0.15) is 0 Å². The SMILES string of the molecule is Cc1ccc(N(c2ccccc2)c2cc3c(c4c2oc2ccccc24)-c2cc4c(cc2[Si]3(C)C)-c2c(cc(N(c3ccccc3)c3ccc(C)cc3C)c3c2oc2ccccc23)[Si]4(C)C)c(C)c1. The van der Waals surface area contributed by atoms with E-state index in [2.05, 4.69) is 234 Å². The minimum atomic E-state index is -2.40. The number of anilines is 6. The van der Waals surface area contributed by atoms with E-state index in [9.17, 15) is 0 Å². The average molecular weight is 913 g/mol. The van der Waals surface area contributed by atoms with Crippen molar-refractivity contribution in [1.29, 1.82) is 0 Å². The first kappa shape index (κ1) is 40.9. The molecule has 6 heteroatoms. The first-order chi connectivity index (χ1) is 32.9. The maximum absolute atomic E-state index is 7.22. The lowest BCUT2D eigenvalue weighted by Crippen LogP contribution is -2.51. The molecule has 0 aliphatic carbocycles. The van der Waals surface area contributed by atoms with E-state index in [-0.39, 0.29) is 0 Å². The third-order valence-electron chi connectivity index (χ3n) is 15.3. The fourth-order valence-corrected chi connectivity index (χ4v) is 18.1. The molecule has 0 bridgehead atoms. The zero-order valence-corrected chi connectivity index (χ0v) is 41.9. The van der Waals surface area contributed by atoms with E-state index in [4.69, 9.17) is 8.83 Å². The van der Waals surface area contributed by atoms with Crippen molar-refractivity contribution in [2.75, 3.05) is 9.80 Å². The highest BCUT2D eigenvalue weighted by molar-refractivity contribution is 7.06. The third kappa shape index (κ3) is 5.71. The van der Waals surface area contributed by atoms with Crippen LogP contribution in [0.2, 0.25) is 26.2 Å². The number of furan rings is 2. The van der Waals surface area contributed by atoms with Crippen molar-refractivity contribution >= 4 is 115 Å². The summed E-state index contributed by atoms with van der Waals surface area (Å²) < 4.78 is 14.3. The first-order valence-electron chi connectivity index (χ1n) is 23.9. The van der Waals surface area contributed by atoms with Crippen molar-refractivity contribution in [2.45, 2.75) is 53.9 Å². The first-order valence-corrected chi connectivity index (χ1v) is 29.9. The van der Waals surface area contributed by atoms with Crippen LogP contribution in [0.4, 0.5) is 34.1 Å². The molecule has 0 fully saturated rings. The van der Waals surface area contributed by atoms with E-state index in [1.165, 1.54) is 76.3 Å². The summed E-state index contributed by atoms with van der Waals surface area (Å²) in [6, 6.07) is 62.9. The van der Waals surface area contributed by atoms with Crippen molar-refractivity contribution in [3.8, 4) is 22.3 Å². The van der Waals surface area contributed by atoms with Crippen molar-refractivity contribution in [3.05, 3.63) is 192 Å². The van der Waals surface area contributed by atoms with E-state index in [1.807, 2.05) is 0 Å². The Morgan fingerprint density at radius 3 is 1.35 bits per heavy atom. The molecule has 68 heavy (non-hydrogen) atoms. The summed E-state index contributed by atoms with van der Waals surface area (Å²) in [5, 5.41) is 10.5. The van der Waals surface area contributed by atoms with Gasteiger partial charge in [-0.25, -0.2) is 0 Å². The molecule has 0 N–H and O–H groups in total. The summed E-state index contributed by atoms with van der Waals surface area (Å²) >= 11 is 0. The topological polar surface area (TPSA) is 32.8 Å². The second-order valence-electron chi connectivity index (χ2n) is 20.4. The molecule has 0 saturated carbocycles. The minimum Gasteiger partial charge on any atom is -0.455 e. The monoisotopic (exact) mass is 912 g/mol. The van der Waals surface area contributed by atoms with Gasteiger partial charge in [0, 0.05) is 44.5 Å². The van der Waals surface area contributed by atoms with Gasteiger partial charge in [0.05, 0.1) is 16.8 Å². The van der Waals surface area contributed by atoms with Gasteiger partial charge in [0.25, 0.3) is 0 Å². The highest BCUT2D eigenvalue weighted by atomic mass is 28.3. The Kier molecular flexibility index (Phi) is 8.75. The van der Waals surface area contributed by atoms with Crippen LogP contribution in [0.3, 0.4) is 0 Å². The molecule has 0 radical (unpaired) electrons. The van der Waals surface area contributed by atoms with Crippen molar-refractivity contribution < 1.29 is 8.83 Å². The van der Waals surface area contributed by atoms with Crippen LogP contribution in [0.5, 0.6) is 0 Å². The van der Waals surface area contributed by atoms with Gasteiger partial charge in [0.15, 0.2) is 5.58 Å². The molecule has 0 atom stereocenters. The Balaban J connectivity index is 1.09. The maximum atomic E-state index is 7.22. The predicted molar refractivity (Wildman–Crippen MR) is 294 cm³/mol. The highest BCUT2D eigenvalue weighted by Gasteiger charge is 2.47. The van der Waals surface area contributed by atoms with Crippen LogP contribution in [0.25, 0.3) is 66.1 Å². The van der Waals surface area contributed by atoms with Gasteiger partial charge in [-0.3, -0.25) is 0 Å². The number of hydrogen-bond donors (Lipinski definition) is 0. The smallest absolute Gasteiger partial charge is 0.160 e. The fourth-order valence-electron chi connectivity index (χ4n) is 12.1. The lowest BCUT2D eigenvalue weighted by Gasteiger charge is -2.29. The molecule has 2 aliphatic heterocycles. The normalized spacial score (nSPS) is 14.1.